The molecule has 0 aliphatic carbocycles. The summed E-state index contributed by atoms with van der Waals surface area (Å²) in [6.45, 7) is 2.71. The van der Waals surface area contributed by atoms with E-state index in [9.17, 15) is 8.42 Å². The van der Waals surface area contributed by atoms with Gasteiger partial charge in [0.2, 0.25) is 0 Å². The van der Waals surface area contributed by atoms with E-state index < -0.39 is 9.84 Å². The van der Waals surface area contributed by atoms with Gasteiger partial charge >= 0.3 is 0 Å². The first-order valence-corrected chi connectivity index (χ1v) is 8.63. The topological polar surface area (TPSA) is 85.0 Å². The maximum Gasteiger partial charge on any atom is 0.191 e. The molecule has 0 radical (unpaired) electrons. The molecule has 22 heavy (non-hydrogen) atoms. The van der Waals surface area contributed by atoms with Crippen molar-refractivity contribution in [2.24, 2.45) is 10.7 Å². The van der Waals surface area contributed by atoms with Crippen LogP contribution in [0.2, 0.25) is 5.02 Å². The lowest BCUT2D eigenvalue weighted by atomic mass is 10.4. The van der Waals surface area contributed by atoms with Crippen LogP contribution >= 0.6 is 35.6 Å². The standard InChI is InChI=1S/C13H18ClN3O3S.HI/c14-11-1-3-12(4-2-11)21(18,19)10-5-16-13(15)17-6-8-20-9-7-17;/h1-4H,5-10H2,(H2,15,16);1H. The number of nitrogens with zero attached hydrogens (tertiary/aromatic N) is 2. The summed E-state index contributed by atoms with van der Waals surface area (Å²) in [5.74, 6) is 0.282. The number of hydrogen-bond acceptors (Lipinski definition) is 4. The summed E-state index contributed by atoms with van der Waals surface area (Å²) < 4.78 is 29.4. The second-order valence-electron chi connectivity index (χ2n) is 4.61. The molecule has 124 valence electrons. The minimum atomic E-state index is -3.37. The van der Waals surface area contributed by atoms with Crippen LogP contribution in [0.1, 0.15) is 0 Å². The predicted octanol–water partition coefficient (Wildman–Crippen LogP) is 1.38. The van der Waals surface area contributed by atoms with Gasteiger partial charge in [-0.3, -0.25) is 4.99 Å². The first-order chi connectivity index (χ1) is 9.99. The zero-order valence-corrected chi connectivity index (χ0v) is 15.8. The molecule has 1 heterocycles. The zero-order chi connectivity index (χ0) is 15.3. The lowest BCUT2D eigenvalue weighted by Crippen LogP contribution is -2.45. The number of benzene rings is 1. The maximum atomic E-state index is 12.1. The Morgan fingerprint density at radius 2 is 1.86 bits per heavy atom. The number of guanidine groups is 1. The average Bonchev–Trinajstić information content (AvgIpc) is 2.48. The van der Waals surface area contributed by atoms with Crippen molar-refractivity contribution in [1.29, 1.82) is 0 Å². The molecule has 6 nitrogen and oxygen atoms in total. The monoisotopic (exact) mass is 459 g/mol. The van der Waals surface area contributed by atoms with Crippen LogP contribution in [0.3, 0.4) is 0 Å². The summed E-state index contributed by atoms with van der Waals surface area (Å²) >= 11 is 5.74. The van der Waals surface area contributed by atoms with Crippen molar-refractivity contribution in [3.05, 3.63) is 29.3 Å². The third-order valence-electron chi connectivity index (χ3n) is 3.14. The number of morpholine rings is 1. The van der Waals surface area contributed by atoms with E-state index >= 15 is 0 Å². The smallest absolute Gasteiger partial charge is 0.191 e. The van der Waals surface area contributed by atoms with Gasteiger partial charge in [-0.2, -0.15) is 0 Å². The highest BCUT2D eigenvalue weighted by molar-refractivity contribution is 14.0. The van der Waals surface area contributed by atoms with E-state index in [0.29, 0.717) is 37.3 Å². The molecule has 2 N–H and O–H groups in total. The highest BCUT2D eigenvalue weighted by atomic mass is 127. The minimum absolute atomic E-state index is 0. The van der Waals surface area contributed by atoms with Crippen molar-refractivity contribution in [2.45, 2.75) is 4.90 Å². The molecule has 0 spiro atoms. The summed E-state index contributed by atoms with van der Waals surface area (Å²) in [5.41, 5.74) is 5.84. The number of ether oxygens (including phenoxy) is 1. The van der Waals surface area contributed by atoms with E-state index in [4.69, 9.17) is 22.1 Å². The Bertz CT molecular complexity index is 601. The fraction of sp³-hybridized carbons (Fsp3) is 0.462. The molecule has 9 heteroatoms. The average molecular weight is 460 g/mol. The van der Waals surface area contributed by atoms with Crippen molar-refractivity contribution >= 4 is 51.4 Å². The quantitative estimate of drug-likeness (QED) is 0.418. The van der Waals surface area contributed by atoms with Crippen molar-refractivity contribution in [3.8, 4) is 0 Å². The van der Waals surface area contributed by atoms with Crippen molar-refractivity contribution in [3.63, 3.8) is 0 Å². The zero-order valence-electron chi connectivity index (χ0n) is 11.9. The van der Waals surface area contributed by atoms with Crippen LogP contribution in [0.15, 0.2) is 34.2 Å². The predicted molar refractivity (Wildman–Crippen MR) is 97.8 cm³/mol. The van der Waals surface area contributed by atoms with Gasteiger partial charge in [0.1, 0.15) is 0 Å². The van der Waals surface area contributed by atoms with Gasteiger partial charge in [-0.05, 0) is 24.3 Å². The lowest BCUT2D eigenvalue weighted by molar-refractivity contribution is 0.0674. The number of hydrogen-bond donors (Lipinski definition) is 1. The SMILES string of the molecule is I.NC(=NCCS(=O)(=O)c1ccc(Cl)cc1)N1CCOCC1. The lowest BCUT2D eigenvalue weighted by Gasteiger charge is -2.27. The molecule has 1 aliphatic heterocycles. The molecule has 1 saturated heterocycles. The summed E-state index contributed by atoms with van der Waals surface area (Å²) in [6, 6.07) is 6.10. The molecular weight excluding hydrogens is 441 g/mol. The Morgan fingerprint density at radius 3 is 2.45 bits per heavy atom. The van der Waals surface area contributed by atoms with Crippen molar-refractivity contribution in [2.75, 3.05) is 38.6 Å². The molecule has 1 aromatic rings. The molecule has 0 bridgehead atoms. The summed E-state index contributed by atoms with van der Waals surface area (Å²) in [4.78, 5) is 6.27. The Hall–Kier alpha value is -0.580. The highest BCUT2D eigenvalue weighted by Crippen LogP contribution is 2.15. The van der Waals surface area contributed by atoms with Crippen LogP contribution in [0, 0.1) is 0 Å². The summed E-state index contributed by atoms with van der Waals surface area (Å²) in [5, 5.41) is 0.503. The Kier molecular flexibility index (Phi) is 7.87. The van der Waals surface area contributed by atoms with Crippen LogP contribution < -0.4 is 5.73 Å². The number of aliphatic imine (C=N–C) groups is 1. The first-order valence-electron chi connectivity index (χ1n) is 6.60. The second-order valence-corrected chi connectivity index (χ2v) is 7.16. The van der Waals surface area contributed by atoms with Crippen LogP contribution in [-0.2, 0) is 14.6 Å². The molecule has 0 aromatic heterocycles. The van der Waals surface area contributed by atoms with Gasteiger partial charge in [0, 0.05) is 18.1 Å². The van der Waals surface area contributed by atoms with E-state index in [1.165, 1.54) is 12.1 Å². The molecule has 0 unspecified atom stereocenters. The van der Waals surface area contributed by atoms with E-state index in [1.54, 1.807) is 12.1 Å². The number of halogens is 2. The maximum absolute atomic E-state index is 12.1. The molecule has 0 saturated carbocycles. The summed E-state index contributed by atoms with van der Waals surface area (Å²) in [6.07, 6.45) is 0. The molecule has 0 amide bonds. The second kappa shape index (κ2) is 8.90. The molecule has 1 aromatic carbocycles. The van der Waals surface area contributed by atoms with E-state index in [1.807, 2.05) is 4.90 Å². The molecule has 2 rings (SSSR count). The van der Waals surface area contributed by atoms with E-state index in [0.717, 1.165) is 0 Å². The van der Waals surface area contributed by atoms with Crippen molar-refractivity contribution in [1.82, 2.24) is 4.90 Å². The normalized spacial score (nSPS) is 16.2. The third-order valence-corrected chi connectivity index (χ3v) is 5.10. The van der Waals surface area contributed by atoms with Crippen LogP contribution in [0.5, 0.6) is 0 Å². The van der Waals surface area contributed by atoms with Gasteiger partial charge in [-0.1, -0.05) is 11.6 Å². The molecular formula is C13H19ClIN3O3S. The highest BCUT2D eigenvalue weighted by Gasteiger charge is 2.15. The Labute approximate surface area is 152 Å². The Morgan fingerprint density at radius 1 is 1.27 bits per heavy atom. The molecule has 1 aliphatic rings. The first kappa shape index (κ1) is 19.5. The Balaban J connectivity index is 0.00000242. The van der Waals surface area contributed by atoms with Gasteiger partial charge in [-0.15, -0.1) is 24.0 Å². The number of nitrogens with two attached hydrogens (primary N) is 1. The van der Waals surface area contributed by atoms with E-state index in [2.05, 4.69) is 4.99 Å². The van der Waals surface area contributed by atoms with Gasteiger partial charge in [-0.25, -0.2) is 8.42 Å². The van der Waals surface area contributed by atoms with Crippen LogP contribution in [-0.4, -0.2) is 57.9 Å². The fourth-order valence-electron chi connectivity index (χ4n) is 1.93. The number of rotatable bonds is 4. The van der Waals surface area contributed by atoms with Crippen LogP contribution in [0.4, 0.5) is 0 Å². The van der Waals surface area contributed by atoms with Gasteiger partial charge in [0.25, 0.3) is 0 Å². The molecule has 0 atom stereocenters. The van der Waals surface area contributed by atoms with Gasteiger partial charge < -0.3 is 15.4 Å². The summed E-state index contributed by atoms with van der Waals surface area (Å²) in [7, 11) is -3.37. The third kappa shape index (κ3) is 5.56. The van der Waals surface area contributed by atoms with E-state index in [-0.39, 0.29) is 41.2 Å². The van der Waals surface area contributed by atoms with Crippen molar-refractivity contribution < 1.29 is 13.2 Å². The van der Waals surface area contributed by atoms with Gasteiger partial charge in [0.05, 0.1) is 30.4 Å². The largest absolute Gasteiger partial charge is 0.378 e. The minimum Gasteiger partial charge on any atom is -0.378 e. The fourth-order valence-corrected chi connectivity index (χ4v) is 3.18. The van der Waals surface area contributed by atoms with Crippen LogP contribution in [0.25, 0.3) is 0 Å². The number of sulfone groups is 1. The molecule has 1 fully saturated rings. The van der Waals surface area contributed by atoms with Gasteiger partial charge in [0.15, 0.2) is 15.8 Å².